The summed E-state index contributed by atoms with van der Waals surface area (Å²) in [6, 6.07) is 14.5. The number of sulfone groups is 1. The summed E-state index contributed by atoms with van der Waals surface area (Å²) in [4.78, 5) is 14.3. The normalized spacial score (nSPS) is 11.7. The molecule has 3 rings (SSSR count). The molecule has 0 amide bonds. The Labute approximate surface area is 194 Å². The second kappa shape index (κ2) is 10.3. The first-order valence-electron chi connectivity index (χ1n) is 10.5. The van der Waals surface area contributed by atoms with E-state index in [-0.39, 0.29) is 24.0 Å². The van der Waals surface area contributed by atoms with Crippen LogP contribution >= 0.6 is 0 Å². The first kappa shape index (κ1) is 24.6. The van der Waals surface area contributed by atoms with Gasteiger partial charge >= 0.3 is 5.97 Å². The number of likely N-dealkylation sites (N-methyl/N-ethyl adjacent to an activating group) is 1. The van der Waals surface area contributed by atoms with Crippen molar-refractivity contribution in [2.75, 3.05) is 33.5 Å². The lowest BCUT2D eigenvalue weighted by molar-refractivity contribution is -0.144. The molecule has 0 unspecified atom stereocenters. The van der Waals surface area contributed by atoms with Gasteiger partial charge in [0.2, 0.25) is 0 Å². The van der Waals surface area contributed by atoms with Gasteiger partial charge in [-0.2, -0.15) is 5.10 Å². The standard InChI is InChI=1S/C24H29N3O5S/c1-17-13-22(27(25-17)15-24(29)32-12-11-26(2)3)19-7-5-18(6-8-19)20-9-10-21(16-28)23(14-20)33(4,30)31/h5-10,13-14,28H,11-12,15-16H2,1-4H3. The van der Waals surface area contributed by atoms with Crippen molar-refractivity contribution in [3.63, 3.8) is 0 Å². The maximum Gasteiger partial charge on any atom is 0.327 e. The molecule has 176 valence electrons. The lowest BCUT2D eigenvalue weighted by atomic mass is 10.0. The summed E-state index contributed by atoms with van der Waals surface area (Å²) in [6.45, 7) is 2.50. The molecule has 0 radical (unpaired) electrons. The molecule has 3 aromatic rings. The van der Waals surface area contributed by atoms with E-state index >= 15 is 0 Å². The largest absolute Gasteiger partial charge is 0.463 e. The molecule has 0 saturated carbocycles. The van der Waals surface area contributed by atoms with Crippen LogP contribution in [-0.2, 0) is 32.5 Å². The lowest BCUT2D eigenvalue weighted by Crippen LogP contribution is -2.22. The van der Waals surface area contributed by atoms with Crippen molar-refractivity contribution < 1.29 is 23.1 Å². The topological polar surface area (TPSA) is 102 Å². The molecule has 0 aliphatic heterocycles. The van der Waals surface area contributed by atoms with Gasteiger partial charge in [0.15, 0.2) is 9.84 Å². The summed E-state index contributed by atoms with van der Waals surface area (Å²) < 4.78 is 31.1. The number of aliphatic hydroxyl groups excluding tert-OH is 1. The van der Waals surface area contributed by atoms with Gasteiger partial charge < -0.3 is 14.7 Å². The van der Waals surface area contributed by atoms with Crippen LogP contribution in [0.2, 0.25) is 0 Å². The summed E-state index contributed by atoms with van der Waals surface area (Å²) in [7, 11) is 0.353. The van der Waals surface area contributed by atoms with Crippen LogP contribution in [0.4, 0.5) is 0 Å². The number of hydrogen-bond acceptors (Lipinski definition) is 7. The molecule has 9 heteroatoms. The van der Waals surface area contributed by atoms with Crippen LogP contribution in [0.5, 0.6) is 0 Å². The van der Waals surface area contributed by atoms with Gasteiger partial charge in [-0.05, 0) is 55.4 Å². The highest BCUT2D eigenvalue weighted by atomic mass is 32.2. The van der Waals surface area contributed by atoms with Gasteiger partial charge in [-0.3, -0.25) is 9.48 Å². The molecule has 33 heavy (non-hydrogen) atoms. The highest BCUT2D eigenvalue weighted by molar-refractivity contribution is 7.90. The molecular formula is C24H29N3O5S. The van der Waals surface area contributed by atoms with E-state index in [0.29, 0.717) is 18.7 Å². The molecule has 0 aliphatic rings. The number of nitrogens with zero attached hydrogens (tertiary/aromatic N) is 3. The molecule has 1 N–H and O–H groups in total. The highest BCUT2D eigenvalue weighted by Gasteiger charge is 2.16. The van der Waals surface area contributed by atoms with E-state index in [2.05, 4.69) is 5.10 Å². The third kappa shape index (κ3) is 6.28. The molecule has 0 spiro atoms. The quantitative estimate of drug-likeness (QED) is 0.479. The SMILES string of the molecule is Cc1cc(-c2ccc(-c3ccc(CO)c(S(C)(=O)=O)c3)cc2)n(CC(=O)OCCN(C)C)n1. The van der Waals surface area contributed by atoms with Gasteiger partial charge in [0.1, 0.15) is 13.2 Å². The minimum absolute atomic E-state index is 0.0126. The zero-order valence-electron chi connectivity index (χ0n) is 19.3. The van der Waals surface area contributed by atoms with Crippen molar-refractivity contribution in [2.45, 2.75) is 25.0 Å². The molecule has 1 aromatic heterocycles. The van der Waals surface area contributed by atoms with E-state index in [4.69, 9.17) is 4.74 Å². The van der Waals surface area contributed by atoms with Gasteiger partial charge in [0, 0.05) is 12.8 Å². The summed E-state index contributed by atoms with van der Waals surface area (Å²) >= 11 is 0. The second-order valence-corrected chi connectivity index (χ2v) is 10.2. The molecule has 0 fully saturated rings. The Bertz CT molecular complexity index is 1230. The minimum atomic E-state index is -3.47. The van der Waals surface area contributed by atoms with Crippen molar-refractivity contribution in [3.8, 4) is 22.4 Å². The number of carbonyl (C=O) groups excluding carboxylic acids is 1. The summed E-state index contributed by atoms with van der Waals surface area (Å²) in [5, 5.41) is 13.9. The third-order valence-electron chi connectivity index (χ3n) is 5.13. The fourth-order valence-corrected chi connectivity index (χ4v) is 4.40. The number of ether oxygens (including phenoxy) is 1. The number of esters is 1. The second-order valence-electron chi connectivity index (χ2n) is 8.18. The van der Waals surface area contributed by atoms with E-state index in [9.17, 15) is 18.3 Å². The maximum atomic E-state index is 12.2. The van der Waals surface area contributed by atoms with Gasteiger partial charge in [-0.25, -0.2) is 8.42 Å². The van der Waals surface area contributed by atoms with Crippen molar-refractivity contribution >= 4 is 15.8 Å². The van der Waals surface area contributed by atoms with Crippen molar-refractivity contribution in [2.24, 2.45) is 0 Å². The Hall–Kier alpha value is -3.01. The zero-order chi connectivity index (χ0) is 24.2. The highest BCUT2D eigenvalue weighted by Crippen LogP contribution is 2.28. The molecular weight excluding hydrogens is 442 g/mol. The van der Waals surface area contributed by atoms with Gasteiger partial charge in [0.25, 0.3) is 0 Å². The summed E-state index contributed by atoms with van der Waals surface area (Å²) in [5.74, 6) is -0.352. The Balaban J connectivity index is 1.83. The van der Waals surface area contributed by atoms with E-state index in [0.717, 1.165) is 34.3 Å². The van der Waals surface area contributed by atoms with E-state index in [1.807, 2.05) is 56.3 Å². The van der Waals surface area contributed by atoms with Crippen LogP contribution in [0.25, 0.3) is 22.4 Å². The number of carbonyl (C=O) groups is 1. The Morgan fingerprint density at radius 2 is 1.70 bits per heavy atom. The zero-order valence-corrected chi connectivity index (χ0v) is 20.1. The van der Waals surface area contributed by atoms with Crippen LogP contribution in [-0.4, -0.2) is 67.7 Å². The predicted octanol–water partition coefficient (Wildman–Crippen LogP) is 2.53. The number of rotatable bonds is 9. The van der Waals surface area contributed by atoms with Gasteiger partial charge in [0.05, 0.1) is 22.9 Å². The van der Waals surface area contributed by atoms with E-state index in [1.165, 1.54) is 0 Å². The van der Waals surface area contributed by atoms with Crippen LogP contribution < -0.4 is 0 Å². The molecule has 0 bridgehead atoms. The Morgan fingerprint density at radius 3 is 2.30 bits per heavy atom. The van der Waals surface area contributed by atoms with E-state index in [1.54, 1.807) is 22.9 Å². The van der Waals surface area contributed by atoms with Gasteiger partial charge in [-0.15, -0.1) is 0 Å². The minimum Gasteiger partial charge on any atom is -0.463 e. The third-order valence-corrected chi connectivity index (χ3v) is 6.31. The first-order chi connectivity index (χ1) is 15.6. The van der Waals surface area contributed by atoms with Crippen LogP contribution in [0.1, 0.15) is 11.3 Å². The average molecular weight is 472 g/mol. The molecule has 0 saturated heterocycles. The number of aliphatic hydroxyl groups is 1. The predicted molar refractivity (Wildman–Crippen MR) is 126 cm³/mol. The summed E-state index contributed by atoms with van der Waals surface area (Å²) in [5.41, 5.74) is 4.38. The summed E-state index contributed by atoms with van der Waals surface area (Å²) in [6.07, 6.45) is 1.13. The number of benzene rings is 2. The number of aryl methyl sites for hydroxylation is 1. The average Bonchev–Trinajstić information content (AvgIpc) is 3.12. The van der Waals surface area contributed by atoms with Crippen LogP contribution in [0.3, 0.4) is 0 Å². The van der Waals surface area contributed by atoms with Crippen molar-refractivity contribution in [1.29, 1.82) is 0 Å². The van der Waals surface area contributed by atoms with E-state index < -0.39 is 9.84 Å². The first-order valence-corrected chi connectivity index (χ1v) is 12.4. The molecule has 2 aromatic carbocycles. The number of aromatic nitrogens is 2. The molecule has 0 atom stereocenters. The maximum absolute atomic E-state index is 12.2. The molecule has 8 nitrogen and oxygen atoms in total. The fraction of sp³-hybridized carbons (Fsp3) is 0.333. The van der Waals surface area contributed by atoms with Crippen LogP contribution in [0.15, 0.2) is 53.4 Å². The van der Waals surface area contributed by atoms with Crippen LogP contribution in [0, 0.1) is 6.92 Å². The lowest BCUT2D eigenvalue weighted by Gasteiger charge is -2.12. The Kier molecular flexibility index (Phi) is 7.68. The smallest absolute Gasteiger partial charge is 0.327 e. The number of hydrogen-bond donors (Lipinski definition) is 1. The van der Waals surface area contributed by atoms with Crippen molar-refractivity contribution in [1.82, 2.24) is 14.7 Å². The molecule has 0 aliphatic carbocycles. The Morgan fingerprint density at radius 1 is 1.06 bits per heavy atom. The van der Waals surface area contributed by atoms with Gasteiger partial charge in [-0.1, -0.05) is 36.4 Å². The molecule has 1 heterocycles. The fourth-order valence-electron chi connectivity index (χ4n) is 3.45. The monoisotopic (exact) mass is 471 g/mol. The van der Waals surface area contributed by atoms with Crippen molar-refractivity contribution in [3.05, 3.63) is 59.8 Å².